The molecule has 2 rings (SSSR count). The minimum absolute atomic E-state index is 0.0213. The second-order valence-corrected chi connectivity index (χ2v) is 4.66. The van der Waals surface area contributed by atoms with Gasteiger partial charge >= 0.3 is 0 Å². The number of ether oxygens (including phenoxy) is 2. The van der Waals surface area contributed by atoms with E-state index in [-0.39, 0.29) is 29.4 Å². The smallest absolute Gasteiger partial charge is 0.280 e. The van der Waals surface area contributed by atoms with Crippen LogP contribution in [0.4, 0.5) is 5.69 Å². The van der Waals surface area contributed by atoms with Gasteiger partial charge < -0.3 is 9.47 Å². The predicted octanol–water partition coefficient (Wildman–Crippen LogP) is 3.43. The van der Waals surface area contributed by atoms with Crippen molar-refractivity contribution >= 4 is 11.8 Å². The Labute approximate surface area is 137 Å². The molecule has 0 aliphatic rings. The first kappa shape index (κ1) is 16.9. The van der Waals surface area contributed by atoms with Gasteiger partial charge in [-0.15, -0.1) is 0 Å². The lowest BCUT2D eigenvalue weighted by molar-refractivity contribution is -0.401. The summed E-state index contributed by atoms with van der Waals surface area (Å²) in [5.74, 6) is 0.327. The van der Waals surface area contributed by atoms with Gasteiger partial charge in [0.2, 0.25) is 6.20 Å². The lowest BCUT2D eigenvalue weighted by Crippen LogP contribution is -2.02. The molecule has 0 fully saturated rings. The molecule has 0 bridgehead atoms. The molecule has 2 aromatic rings. The van der Waals surface area contributed by atoms with Crippen molar-refractivity contribution < 1.29 is 19.3 Å². The van der Waals surface area contributed by atoms with Crippen molar-refractivity contribution in [3.8, 4) is 11.5 Å². The zero-order valence-corrected chi connectivity index (χ0v) is 12.7. The van der Waals surface area contributed by atoms with Crippen LogP contribution in [-0.4, -0.2) is 17.0 Å². The number of nitro groups is 2. The van der Waals surface area contributed by atoms with Crippen LogP contribution >= 0.6 is 0 Å². The van der Waals surface area contributed by atoms with Gasteiger partial charge in [-0.05, 0) is 11.6 Å². The third-order valence-corrected chi connectivity index (χ3v) is 3.14. The van der Waals surface area contributed by atoms with Crippen LogP contribution in [0.3, 0.4) is 0 Å². The molecule has 8 heteroatoms. The summed E-state index contributed by atoms with van der Waals surface area (Å²) in [6.45, 7) is 0.137. The Morgan fingerprint density at radius 2 is 1.79 bits per heavy atom. The quantitative estimate of drug-likeness (QED) is 0.569. The number of rotatable bonds is 7. The van der Waals surface area contributed by atoms with Crippen LogP contribution < -0.4 is 9.47 Å². The summed E-state index contributed by atoms with van der Waals surface area (Å²) in [4.78, 5) is 20.4. The van der Waals surface area contributed by atoms with Gasteiger partial charge in [0.05, 0.1) is 17.0 Å². The average Bonchev–Trinajstić information content (AvgIpc) is 2.58. The summed E-state index contributed by atoms with van der Waals surface area (Å²) in [6, 6.07) is 11.8. The first-order chi connectivity index (χ1) is 11.5. The van der Waals surface area contributed by atoms with E-state index in [9.17, 15) is 20.2 Å². The normalized spacial score (nSPS) is 10.5. The highest BCUT2D eigenvalue weighted by molar-refractivity contribution is 5.71. The first-order valence-electron chi connectivity index (χ1n) is 6.86. The monoisotopic (exact) mass is 330 g/mol. The molecule has 2 aromatic carbocycles. The van der Waals surface area contributed by atoms with E-state index >= 15 is 0 Å². The molecule has 0 aliphatic carbocycles. The predicted molar refractivity (Wildman–Crippen MR) is 86.5 cm³/mol. The van der Waals surface area contributed by atoms with Crippen LogP contribution in [0.1, 0.15) is 11.1 Å². The molecule has 0 unspecified atom stereocenters. The van der Waals surface area contributed by atoms with Crippen LogP contribution in [-0.2, 0) is 6.61 Å². The standard InChI is InChI=1S/C16H14N2O6/c1-23-15-8-7-14(18(21)22)13(9-10-17(19)20)16(15)24-11-12-5-3-2-4-6-12/h2-10H,11H2,1H3/b10-9+. The van der Waals surface area contributed by atoms with Gasteiger partial charge in [-0.2, -0.15) is 0 Å². The van der Waals surface area contributed by atoms with E-state index < -0.39 is 9.85 Å². The molecule has 0 amide bonds. The van der Waals surface area contributed by atoms with Crippen LogP contribution in [0.15, 0.2) is 48.7 Å². The summed E-state index contributed by atoms with van der Waals surface area (Å²) in [5, 5.41) is 21.8. The molecule has 0 aliphatic heterocycles. The van der Waals surface area contributed by atoms with Gasteiger partial charge in [0.25, 0.3) is 5.69 Å². The van der Waals surface area contributed by atoms with Crippen molar-refractivity contribution in [3.63, 3.8) is 0 Å². The van der Waals surface area contributed by atoms with Crippen molar-refractivity contribution in [1.82, 2.24) is 0 Å². The average molecular weight is 330 g/mol. The Morgan fingerprint density at radius 1 is 1.08 bits per heavy atom. The second-order valence-electron chi connectivity index (χ2n) is 4.66. The Kier molecular flexibility index (Phi) is 5.45. The number of nitrogens with zero attached hydrogens (tertiary/aromatic N) is 2. The molecular formula is C16H14N2O6. The maximum Gasteiger partial charge on any atom is 0.280 e. The summed E-state index contributed by atoms with van der Waals surface area (Å²) in [7, 11) is 1.39. The zero-order valence-electron chi connectivity index (χ0n) is 12.7. The fourth-order valence-corrected chi connectivity index (χ4v) is 2.06. The summed E-state index contributed by atoms with van der Waals surface area (Å²) in [6.07, 6.45) is 1.65. The van der Waals surface area contributed by atoms with Crippen LogP contribution in [0.2, 0.25) is 0 Å². The minimum atomic E-state index is -0.704. The van der Waals surface area contributed by atoms with Crippen LogP contribution in [0, 0.1) is 20.2 Å². The van der Waals surface area contributed by atoms with Gasteiger partial charge in [0.15, 0.2) is 11.5 Å². The van der Waals surface area contributed by atoms with Gasteiger partial charge in [0, 0.05) is 12.1 Å². The number of hydrogen-bond acceptors (Lipinski definition) is 6. The summed E-state index contributed by atoms with van der Waals surface area (Å²) >= 11 is 0. The molecule has 0 saturated carbocycles. The summed E-state index contributed by atoms with van der Waals surface area (Å²) in [5.41, 5.74) is 0.513. The minimum Gasteiger partial charge on any atom is -0.493 e. The Bertz CT molecular complexity index is 774. The number of methoxy groups -OCH3 is 1. The van der Waals surface area contributed by atoms with E-state index in [2.05, 4.69) is 0 Å². The molecule has 0 atom stereocenters. The van der Waals surface area contributed by atoms with Crippen molar-refractivity contribution in [2.75, 3.05) is 7.11 Å². The van der Waals surface area contributed by atoms with Crippen molar-refractivity contribution in [1.29, 1.82) is 0 Å². The lowest BCUT2D eigenvalue weighted by Gasteiger charge is -2.13. The van der Waals surface area contributed by atoms with Crippen LogP contribution in [0.5, 0.6) is 11.5 Å². The maximum absolute atomic E-state index is 11.2. The molecular weight excluding hydrogens is 316 g/mol. The van der Waals surface area contributed by atoms with Crippen molar-refractivity contribution in [2.24, 2.45) is 0 Å². The lowest BCUT2D eigenvalue weighted by atomic mass is 10.1. The molecule has 0 saturated heterocycles. The summed E-state index contributed by atoms with van der Waals surface area (Å²) < 4.78 is 10.8. The van der Waals surface area contributed by atoms with E-state index in [1.54, 1.807) is 0 Å². The van der Waals surface area contributed by atoms with Gasteiger partial charge in [-0.25, -0.2) is 0 Å². The topological polar surface area (TPSA) is 105 Å². The largest absolute Gasteiger partial charge is 0.493 e. The zero-order chi connectivity index (χ0) is 17.5. The van der Waals surface area contributed by atoms with E-state index in [1.165, 1.54) is 19.2 Å². The first-order valence-corrected chi connectivity index (χ1v) is 6.86. The molecule has 124 valence electrons. The molecule has 24 heavy (non-hydrogen) atoms. The molecule has 0 N–H and O–H groups in total. The van der Waals surface area contributed by atoms with E-state index in [0.29, 0.717) is 6.20 Å². The molecule has 0 radical (unpaired) electrons. The highest BCUT2D eigenvalue weighted by Crippen LogP contribution is 2.38. The fourth-order valence-electron chi connectivity index (χ4n) is 2.06. The van der Waals surface area contributed by atoms with Crippen molar-refractivity contribution in [3.05, 3.63) is 80.0 Å². The van der Waals surface area contributed by atoms with Crippen molar-refractivity contribution in [2.45, 2.75) is 6.61 Å². The Morgan fingerprint density at radius 3 is 2.38 bits per heavy atom. The second kappa shape index (κ2) is 7.73. The van der Waals surface area contributed by atoms with E-state index in [0.717, 1.165) is 11.6 Å². The van der Waals surface area contributed by atoms with Gasteiger partial charge in [-0.1, -0.05) is 30.3 Å². The molecule has 0 spiro atoms. The molecule has 8 nitrogen and oxygen atoms in total. The highest BCUT2D eigenvalue weighted by Gasteiger charge is 2.22. The highest BCUT2D eigenvalue weighted by atomic mass is 16.6. The van der Waals surface area contributed by atoms with Crippen LogP contribution in [0.25, 0.3) is 6.08 Å². The number of nitro benzene ring substituents is 1. The maximum atomic E-state index is 11.2. The fraction of sp³-hybridized carbons (Fsp3) is 0.125. The van der Waals surface area contributed by atoms with Gasteiger partial charge in [0.1, 0.15) is 12.2 Å². The van der Waals surface area contributed by atoms with E-state index in [4.69, 9.17) is 9.47 Å². The molecule has 0 aromatic heterocycles. The van der Waals surface area contributed by atoms with E-state index in [1.807, 2.05) is 30.3 Å². The Balaban J connectivity index is 2.46. The number of benzene rings is 2. The van der Waals surface area contributed by atoms with Gasteiger partial charge in [-0.3, -0.25) is 20.2 Å². The molecule has 0 heterocycles. The number of hydrogen-bond donors (Lipinski definition) is 0. The Hall–Kier alpha value is -3.42. The SMILES string of the molecule is COc1ccc([N+](=O)[O-])c(/C=C/[N+](=O)[O-])c1OCc1ccccc1. The third-order valence-electron chi connectivity index (χ3n) is 3.14. The third kappa shape index (κ3) is 4.07.